The van der Waals surface area contributed by atoms with Crippen LogP contribution in [0.4, 0.5) is 5.69 Å². The summed E-state index contributed by atoms with van der Waals surface area (Å²) in [5, 5.41) is 5.72. The van der Waals surface area contributed by atoms with Crippen LogP contribution < -0.4 is 9.19 Å². The van der Waals surface area contributed by atoms with Gasteiger partial charge >= 0.3 is 10.1 Å². The Labute approximate surface area is 188 Å². The van der Waals surface area contributed by atoms with Gasteiger partial charge in [-0.15, -0.1) is 0 Å². The third-order valence-corrected chi connectivity index (χ3v) is 6.43. The van der Waals surface area contributed by atoms with Crippen LogP contribution in [0.1, 0.15) is 12.5 Å². The number of nitrogens with zero attached hydrogens (tertiary/aromatic N) is 2. The van der Waals surface area contributed by atoms with Crippen LogP contribution in [0.5, 0.6) is 5.75 Å². The maximum Gasteiger partial charge on any atom is 0.339 e. The van der Waals surface area contributed by atoms with E-state index in [-0.39, 0.29) is 16.6 Å². The zero-order valence-corrected chi connectivity index (χ0v) is 18.8. The van der Waals surface area contributed by atoms with Crippen molar-refractivity contribution in [3.63, 3.8) is 0 Å². The smallest absolute Gasteiger partial charge is 0.339 e. The number of para-hydroxylation sites is 1. The molecule has 0 fully saturated rings. The molecular formula is C23H17BrN2O4S. The molecule has 0 unspecified atom stereocenters. The van der Waals surface area contributed by atoms with Crippen LogP contribution in [-0.4, -0.2) is 20.0 Å². The first kappa shape index (κ1) is 21.0. The predicted molar refractivity (Wildman–Crippen MR) is 123 cm³/mol. The minimum atomic E-state index is -3.95. The summed E-state index contributed by atoms with van der Waals surface area (Å²) in [6.45, 7) is 1.77. The van der Waals surface area contributed by atoms with Crippen molar-refractivity contribution < 1.29 is 17.4 Å². The van der Waals surface area contributed by atoms with Gasteiger partial charge in [-0.1, -0.05) is 42.5 Å². The standard InChI is InChI=1S/C23H17BrN2O4S/c1-16-20(23(27)26(25-16)18-8-4-2-5-9-18)14-17-12-13-22(21(24)15-17)30-31(28,29)19-10-6-3-7-11-19/h2-15H,1H3/b20-14+. The number of carbonyl (C=O) groups is 1. The molecule has 0 atom stereocenters. The van der Waals surface area contributed by atoms with Gasteiger partial charge in [-0.2, -0.15) is 18.5 Å². The van der Waals surface area contributed by atoms with Crippen LogP contribution in [-0.2, 0) is 14.9 Å². The fourth-order valence-electron chi connectivity index (χ4n) is 3.02. The van der Waals surface area contributed by atoms with Crippen molar-refractivity contribution in [2.24, 2.45) is 5.10 Å². The lowest BCUT2D eigenvalue weighted by Gasteiger charge is -2.11. The first-order chi connectivity index (χ1) is 14.8. The molecule has 31 heavy (non-hydrogen) atoms. The van der Waals surface area contributed by atoms with Crippen LogP contribution in [0.3, 0.4) is 0 Å². The van der Waals surface area contributed by atoms with E-state index < -0.39 is 10.1 Å². The van der Waals surface area contributed by atoms with Crippen molar-refractivity contribution in [3.05, 3.63) is 94.5 Å². The highest BCUT2D eigenvalue weighted by molar-refractivity contribution is 9.10. The molecule has 4 rings (SSSR count). The molecule has 0 radical (unpaired) electrons. The van der Waals surface area contributed by atoms with Gasteiger partial charge in [0.05, 0.1) is 21.4 Å². The quantitative estimate of drug-likeness (QED) is 0.366. The summed E-state index contributed by atoms with van der Waals surface area (Å²) in [6.07, 6.45) is 1.71. The molecule has 1 aliphatic heterocycles. The molecular weight excluding hydrogens is 480 g/mol. The van der Waals surface area contributed by atoms with E-state index in [1.54, 1.807) is 43.3 Å². The van der Waals surface area contributed by atoms with E-state index in [0.29, 0.717) is 27.0 Å². The molecule has 8 heteroatoms. The van der Waals surface area contributed by atoms with E-state index in [1.807, 2.05) is 30.3 Å². The summed E-state index contributed by atoms with van der Waals surface area (Å²) < 4.78 is 30.6. The number of amides is 1. The highest BCUT2D eigenvalue weighted by Gasteiger charge is 2.28. The lowest BCUT2D eigenvalue weighted by Crippen LogP contribution is -2.21. The number of benzene rings is 3. The highest BCUT2D eigenvalue weighted by Crippen LogP contribution is 2.31. The van der Waals surface area contributed by atoms with Gasteiger partial charge in [-0.3, -0.25) is 4.79 Å². The van der Waals surface area contributed by atoms with Crippen molar-refractivity contribution in [1.82, 2.24) is 0 Å². The summed E-state index contributed by atoms with van der Waals surface area (Å²) in [7, 11) is -3.95. The Morgan fingerprint density at radius 3 is 2.26 bits per heavy atom. The predicted octanol–water partition coefficient (Wildman–Crippen LogP) is 5.02. The Bertz CT molecular complexity index is 1300. The second-order valence-corrected chi connectivity index (χ2v) is 9.14. The third kappa shape index (κ3) is 4.45. The molecule has 3 aromatic carbocycles. The first-order valence-electron chi connectivity index (χ1n) is 9.31. The van der Waals surface area contributed by atoms with Gasteiger partial charge in [0, 0.05) is 0 Å². The molecule has 0 saturated carbocycles. The first-order valence-corrected chi connectivity index (χ1v) is 11.5. The number of halogens is 1. The molecule has 0 N–H and O–H groups in total. The van der Waals surface area contributed by atoms with Gasteiger partial charge in [-0.05, 0) is 70.9 Å². The van der Waals surface area contributed by atoms with Crippen molar-refractivity contribution in [2.75, 3.05) is 5.01 Å². The fourth-order valence-corrected chi connectivity index (χ4v) is 4.58. The van der Waals surface area contributed by atoms with E-state index in [1.165, 1.54) is 23.2 Å². The Hall–Kier alpha value is -3.23. The zero-order chi connectivity index (χ0) is 22.0. The monoisotopic (exact) mass is 496 g/mol. The van der Waals surface area contributed by atoms with E-state index in [2.05, 4.69) is 21.0 Å². The maximum atomic E-state index is 12.8. The van der Waals surface area contributed by atoms with E-state index in [4.69, 9.17) is 4.18 Å². The molecule has 6 nitrogen and oxygen atoms in total. The Kier molecular flexibility index (Phi) is 5.75. The number of carbonyl (C=O) groups excluding carboxylic acids is 1. The average molecular weight is 497 g/mol. The van der Waals surface area contributed by atoms with Gasteiger partial charge in [0.15, 0.2) is 5.75 Å². The van der Waals surface area contributed by atoms with Gasteiger partial charge in [0.1, 0.15) is 4.90 Å². The number of hydrogen-bond acceptors (Lipinski definition) is 5. The normalized spacial score (nSPS) is 15.3. The Morgan fingerprint density at radius 1 is 0.968 bits per heavy atom. The van der Waals surface area contributed by atoms with Gasteiger partial charge < -0.3 is 4.18 Å². The molecule has 0 saturated heterocycles. The molecule has 0 aliphatic carbocycles. The number of hydrazone groups is 1. The topological polar surface area (TPSA) is 76.0 Å². The lowest BCUT2D eigenvalue weighted by atomic mass is 10.1. The van der Waals surface area contributed by atoms with Gasteiger partial charge in [0.25, 0.3) is 5.91 Å². The molecule has 0 spiro atoms. The number of anilines is 1. The molecule has 156 valence electrons. The molecule has 0 bridgehead atoms. The van der Waals surface area contributed by atoms with Crippen LogP contribution in [0.15, 0.2) is 98.9 Å². The van der Waals surface area contributed by atoms with Crippen molar-refractivity contribution in [3.8, 4) is 5.75 Å². The minimum Gasteiger partial charge on any atom is -0.378 e. The molecule has 1 amide bonds. The van der Waals surface area contributed by atoms with Crippen molar-refractivity contribution >= 4 is 49.4 Å². The van der Waals surface area contributed by atoms with Crippen LogP contribution in [0.25, 0.3) is 6.08 Å². The van der Waals surface area contributed by atoms with Crippen LogP contribution in [0, 0.1) is 0 Å². The van der Waals surface area contributed by atoms with Crippen LogP contribution in [0.2, 0.25) is 0 Å². The molecule has 0 aromatic heterocycles. The fraction of sp³-hybridized carbons (Fsp3) is 0.0435. The van der Waals surface area contributed by atoms with Crippen molar-refractivity contribution in [2.45, 2.75) is 11.8 Å². The minimum absolute atomic E-state index is 0.0671. The molecule has 1 heterocycles. The summed E-state index contributed by atoms with van der Waals surface area (Å²) in [4.78, 5) is 12.9. The SMILES string of the molecule is CC1=NN(c2ccccc2)C(=O)/C1=C/c1ccc(OS(=O)(=O)c2ccccc2)c(Br)c1. The Balaban J connectivity index is 1.58. The highest BCUT2D eigenvalue weighted by atomic mass is 79.9. The summed E-state index contributed by atoms with van der Waals surface area (Å²) >= 11 is 3.36. The molecule has 1 aliphatic rings. The number of rotatable bonds is 5. The Morgan fingerprint density at radius 2 is 1.61 bits per heavy atom. The average Bonchev–Trinajstić information content (AvgIpc) is 3.05. The maximum absolute atomic E-state index is 12.8. The third-order valence-electron chi connectivity index (χ3n) is 4.56. The second kappa shape index (κ2) is 8.49. The summed E-state index contributed by atoms with van der Waals surface area (Å²) in [5.41, 5.74) is 2.44. The van der Waals surface area contributed by atoms with E-state index >= 15 is 0 Å². The van der Waals surface area contributed by atoms with E-state index in [0.717, 1.165) is 0 Å². The summed E-state index contributed by atoms with van der Waals surface area (Å²) in [5.74, 6) is -0.0770. The zero-order valence-electron chi connectivity index (χ0n) is 16.4. The molecule has 3 aromatic rings. The largest absolute Gasteiger partial charge is 0.378 e. The van der Waals surface area contributed by atoms with Crippen LogP contribution >= 0.6 is 15.9 Å². The number of hydrogen-bond donors (Lipinski definition) is 0. The van der Waals surface area contributed by atoms with Gasteiger partial charge in [-0.25, -0.2) is 0 Å². The van der Waals surface area contributed by atoms with E-state index in [9.17, 15) is 13.2 Å². The van der Waals surface area contributed by atoms with Crippen molar-refractivity contribution in [1.29, 1.82) is 0 Å². The second-order valence-electron chi connectivity index (χ2n) is 6.74. The lowest BCUT2D eigenvalue weighted by molar-refractivity contribution is -0.114. The van der Waals surface area contributed by atoms with Gasteiger partial charge in [0.2, 0.25) is 0 Å². The summed E-state index contributed by atoms with van der Waals surface area (Å²) in [6, 6.07) is 22.0.